The predicted molar refractivity (Wildman–Crippen MR) is 110 cm³/mol. The molecule has 9 heteroatoms. The van der Waals surface area contributed by atoms with Gasteiger partial charge in [0.1, 0.15) is 0 Å². The lowest BCUT2D eigenvalue weighted by molar-refractivity contribution is 0.114. The summed E-state index contributed by atoms with van der Waals surface area (Å²) in [7, 11) is 0. The summed E-state index contributed by atoms with van der Waals surface area (Å²) in [5.74, 6) is 1.19. The highest BCUT2D eigenvalue weighted by Crippen LogP contribution is 2.18. The normalized spacial score (nSPS) is 15.9. The van der Waals surface area contributed by atoms with E-state index >= 15 is 0 Å². The van der Waals surface area contributed by atoms with Crippen molar-refractivity contribution in [3.63, 3.8) is 0 Å². The maximum Gasteiger partial charge on any atom is 0.258 e. The van der Waals surface area contributed by atoms with E-state index in [0.717, 1.165) is 42.4 Å². The Kier molecular flexibility index (Phi) is 4.92. The van der Waals surface area contributed by atoms with Gasteiger partial charge in [-0.15, -0.1) is 21.5 Å². The van der Waals surface area contributed by atoms with Crippen molar-refractivity contribution in [1.82, 2.24) is 29.4 Å². The van der Waals surface area contributed by atoms with Crippen molar-refractivity contribution in [3.8, 4) is 11.5 Å². The van der Waals surface area contributed by atoms with Gasteiger partial charge >= 0.3 is 0 Å². The average Bonchev–Trinajstić information content (AvgIpc) is 3.40. The van der Waals surface area contributed by atoms with Crippen LogP contribution in [-0.4, -0.2) is 55.6 Å². The number of aromatic nitrogens is 4. The van der Waals surface area contributed by atoms with Crippen LogP contribution in [0.2, 0.25) is 0 Å². The van der Waals surface area contributed by atoms with Gasteiger partial charge < -0.3 is 4.42 Å². The predicted octanol–water partition coefficient (Wildman–Crippen LogP) is 2.12. The van der Waals surface area contributed by atoms with Crippen LogP contribution in [0, 0.1) is 0 Å². The number of piperazine rings is 1. The first-order valence-electron chi connectivity index (χ1n) is 9.53. The van der Waals surface area contributed by atoms with E-state index in [0.29, 0.717) is 24.9 Å². The summed E-state index contributed by atoms with van der Waals surface area (Å²) in [5.41, 5.74) is 1.74. The van der Waals surface area contributed by atoms with Crippen molar-refractivity contribution in [2.24, 2.45) is 0 Å². The molecule has 0 unspecified atom stereocenters. The second kappa shape index (κ2) is 7.86. The molecule has 4 aromatic rings. The Morgan fingerprint density at radius 2 is 1.76 bits per heavy atom. The molecule has 0 saturated carbocycles. The Morgan fingerprint density at radius 1 is 1.00 bits per heavy atom. The molecule has 4 heterocycles. The third kappa shape index (κ3) is 3.98. The zero-order valence-electron chi connectivity index (χ0n) is 15.8. The molecule has 0 bridgehead atoms. The Bertz CT molecular complexity index is 1160. The lowest BCUT2D eigenvalue weighted by Crippen LogP contribution is -2.45. The van der Waals surface area contributed by atoms with Gasteiger partial charge in [0, 0.05) is 55.9 Å². The molecule has 1 aliphatic heterocycles. The Morgan fingerprint density at radius 3 is 2.55 bits per heavy atom. The molecule has 0 amide bonds. The average molecular weight is 408 g/mol. The van der Waals surface area contributed by atoms with Gasteiger partial charge in [-0.05, 0) is 12.1 Å². The first kappa shape index (κ1) is 18.2. The molecule has 3 aromatic heterocycles. The number of hydrogen-bond acceptors (Lipinski definition) is 8. The summed E-state index contributed by atoms with van der Waals surface area (Å²) in [5, 5.41) is 10.2. The molecular formula is C20H20N6O2S. The van der Waals surface area contributed by atoms with Gasteiger partial charge in [0.2, 0.25) is 11.8 Å². The topological polar surface area (TPSA) is 79.8 Å². The summed E-state index contributed by atoms with van der Waals surface area (Å²) < 4.78 is 7.40. The molecular weight excluding hydrogens is 388 g/mol. The summed E-state index contributed by atoms with van der Waals surface area (Å²) in [6.45, 7) is 4.97. The van der Waals surface area contributed by atoms with Crippen LogP contribution in [0.4, 0.5) is 0 Å². The van der Waals surface area contributed by atoms with Gasteiger partial charge in [0.05, 0.1) is 12.2 Å². The van der Waals surface area contributed by atoms with Crippen LogP contribution in [-0.2, 0) is 13.1 Å². The van der Waals surface area contributed by atoms with Crippen LogP contribution >= 0.6 is 11.3 Å². The van der Waals surface area contributed by atoms with Crippen LogP contribution < -0.4 is 5.56 Å². The fourth-order valence-electron chi connectivity index (χ4n) is 3.51. The number of rotatable bonds is 5. The maximum absolute atomic E-state index is 12.1. The fourth-order valence-corrected chi connectivity index (χ4v) is 4.25. The Labute approximate surface area is 171 Å². The van der Waals surface area contributed by atoms with Gasteiger partial charge in [-0.1, -0.05) is 18.2 Å². The standard InChI is InChI=1S/C20H20N6O2S/c27-18-12-16(21-20-26(18)10-11-29-20)13-24-6-8-25(9-7-24)14-17-22-23-19(28-17)15-4-2-1-3-5-15/h1-5,10-12H,6-9,13-14H2. The quantitative estimate of drug-likeness (QED) is 0.500. The van der Waals surface area contributed by atoms with Crippen molar-refractivity contribution >= 4 is 16.3 Å². The first-order chi connectivity index (χ1) is 14.2. The molecule has 1 aromatic carbocycles. The zero-order valence-corrected chi connectivity index (χ0v) is 16.6. The number of benzene rings is 1. The van der Waals surface area contributed by atoms with Gasteiger partial charge in [-0.3, -0.25) is 19.0 Å². The molecule has 1 saturated heterocycles. The molecule has 1 fully saturated rings. The van der Waals surface area contributed by atoms with Gasteiger partial charge in [-0.2, -0.15) is 0 Å². The summed E-state index contributed by atoms with van der Waals surface area (Å²) >= 11 is 1.48. The molecule has 0 atom stereocenters. The second-order valence-corrected chi connectivity index (χ2v) is 7.93. The van der Waals surface area contributed by atoms with Crippen LogP contribution in [0.5, 0.6) is 0 Å². The minimum absolute atomic E-state index is 0.0181. The largest absolute Gasteiger partial charge is 0.419 e. The number of hydrogen-bond donors (Lipinski definition) is 0. The van der Waals surface area contributed by atoms with Gasteiger partial charge in [0.15, 0.2) is 4.96 Å². The van der Waals surface area contributed by atoms with E-state index in [4.69, 9.17) is 4.42 Å². The van der Waals surface area contributed by atoms with Crippen LogP contribution in [0.15, 0.2) is 57.2 Å². The minimum atomic E-state index is -0.0181. The molecule has 0 radical (unpaired) electrons. The third-order valence-electron chi connectivity index (χ3n) is 5.05. The molecule has 0 aliphatic carbocycles. The van der Waals surface area contributed by atoms with E-state index < -0.39 is 0 Å². The minimum Gasteiger partial charge on any atom is -0.419 e. The summed E-state index contributed by atoms with van der Waals surface area (Å²) in [4.78, 5) is 22.1. The van der Waals surface area contributed by atoms with Crippen molar-refractivity contribution in [2.45, 2.75) is 13.1 Å². The molecule has 0 N–H and O–H groups in total. The van der Waals surface area contributed by atoms with Crippen LogP contribution in [0.25, 0.3) is 16.4 Å². The van der Waals surface area contributed by atoms with Gasteiger partial charge in [-0.25, -0.2) is 4.98 Å². The van der Waals surface area contributed by atoms with E-state index in [1.807, 2.05) is 35.7 Å². The number of fused-ring (bicyclic) bond motifs is 1. The van der Waals surface area contributed by atoms with E-state index in [1.54, 1.807) is 16.7 Å². The molecule has 1 aliphatic rings. The lowest BCUT2D eigenvalue weighted by Gasteiger charge is -2.33. The SMILES string of the molecule is O=c1cc(CN2CCN(Cc3nnc(-c4ccccc4)o3)CC2)nc2sccn12. The lowest BCUT2D eigenvalue weighted by atomic mass is 10.2. The van der Waals surface area contributed by atoms with E-state index in [9.17, 15) is 4.79 Å². The van der Waals surface area contributed by atoms with Crippen LogP contribution in [0.1, 0.15) is 11.6 Å². The number of thiazole rings is 1. The molecule has 148 valence electrons. The van der Waals surface area contributed by atoms with Crippen LogP contribution in [0.3, 0.4) is 0 Å². The second-order valence-electron chi connectivity index (χ2n) is 7.06. The molecule has 5 rings (SSSR count). The van der Waals surface area contributed by atoms with Crippen molar-refractivity contribution in [3.05, 3.63) is 69.9 Å². The third-order valence-corrected chi connectivity index (χ3v) is 5.81. The smallest absolute Gasteiger partial charge is 0.258 e. The van der Waals surface area contributed by atoms with Gasteiger partial charge in [0.25, 0.3) is 5.56 Å². The molecule has 8 nitrogen and oxygen atoms in total. The number of nitrogens with zero attached hydrogens (tertiary/aromatic N) is 6. The summed E-state index contributed by atoms with van der Waals surface area (Å²) in [6, 6.07) is 11.4. The van der Waals surface area contributed by atoms with E-state index in [-0.39, 0.29) is 5.56 Å². The van der Waals surface area contributed by atoms with Crippen molar-refractivity contribution in [1.29, 1.82) is 0 Å². The first-order valence-corrected chi connectivity index (χ1v) is 10.4. The fraction of sp³-hybridized carbons (Fsp3) is 0.300. The maximum atomic E-state index is 12.1. The Balaban J connectivity index is 1.17. The highest BCUT2D eigenvalue weighted by molar-refractivity contribution is 7.15. The highest BCUT2D eigenvalue weighted by atomic mass is 32.1. The van der Waals surface area contributed by atoms with E-state index in [2.05, 4.69) is 25.0 Å². The molecule has 29 heavy (non-hydrogen) atoms. The van der Waals surface area contributed by atoms with Crippen molar-refractivity contribution in [2.75, 3.05) is 26.2 Å². The van der Waals surface area contributed by atoms with E-state index in [1.165, 1.54) is 11.3 Å². The van der Waals surface area contributed by atoms with Crippen molar-refractivity contribution < 1.29 is 4.42 Å². The molecule has 0 spiro atoms. The highest BCUT2D eigenvalue weighted by Gasteiger charge is 2.20. The Hall–Kier alpha value is -2.88. The zero-order chi connectivity index (χ0) is 19.6. The summed E-state index contributed by atoms with van der Waals surface area (Å²) in [6.07, 6.45) is 1.76. The monoisotopic (exact) mass is 408 g/mol.